The Bertz CT molecular complexity index is 1310. The summed E-state index contributed by atoms with van der Waals surface area (Å²) < 4.78 is 5.76. The maximum Gasteiger partial charge on any atom is 0.359 e. The Morgan fingerprint density at radius 2 is 1.68 bits per heavy atom. The first-order chi connectivity index (χ1) is 16.5. The molecular weight excluding hydrogens is 430 g/mol. The smallest absolute Gasteiger partial charge is 0.359 e. The topological polar surface area (TPSA) is 90.7 Å². The van der Waals surface area contributed by atoms with E-state index in [4.69, 9.17) is 10.00 Å². The van der Waals surface area contributed by atoms with Gasteiger partial charge in [-0.15, -0.1) is 0 Å². The number of hydrogen-bond acceptors (Lipinski definition) is 5. The van der Waals surface area contributed by atoms with Gasteiger partial charge in [0.1, 0.15) is 5.75 Å². The highest BCUT2D eigenvalue weighted by Crippen LogP contribution is 2.44. The molecule has 2 amide bonds. The molecule has 0 bridgehead atoms. The standard InChI is InChI=1S/C27H21N3O4/c28-17-19-12-14-21(15-13-19)34-26(33)27-16-6-11-24(31)30(27)23-10-5-4-9-22(23)25(32)29(27)18-20-7-2-1-3-8-20/h1-5,7-10,12-15H,6,11,16,18H2/t27-/m0/s1. The molecule has 1 atom stereocenters. The fraction of sp³-hybridized carbons (Fsp3) is 0.185. The van der Waals surface area contributed by atoms with Crippen LogP contribution in [0.4, 0.5) is 5.69 Å². The molecule has 5 rings (SSSR count). The van der Waals surface area contributed by atoms with Crippen molar-refractivity contribution >= 4 is 23.5 Å². The van der Waals surface area contributed by atoms with Crippen LogP contribution >= 0.6 is 0 Å². The highest BCUT2D eigenvalue weighted by molar-refractivity contribution is 6.14. The highest BCUT2D eigenvalue weighted by Gasteiger charge is 2.60. The lowest BCUT2D eigenvalue weighted by Gasteiger charge is -2.53. The van der Waals surface area contributed by atoms with Crippen molar-refractivity contribution in [3.8, 4) is 11.8 Å². The number of amides is 2. The van der Waals surface area contributed by atoms with Crippen molar-refractivity contribution in [3.05, 3.63) is 95.6 Å². The number of hydrogen-bond donors (Lipinski definition) is 0. The summed E-state index contributed by atoms with van der Waals surface area (Å²) in [6.07, 6.45) is 0.965. The minimum Gasteiger partial charge on any atom is -0.423 e. The molecule has 0 aromatic heterocycles. The maximum atomic E-state index is 13.9. The molecule has 168 valence electrons. The van der Waals surface area contributed by atoms with Crippen LogP contribution in [0.15, 0.2) is 78.9 Å². The Balaban J connectivity index is 1.64. The van der Waals surface area contributed by atoms with Crippen molar-refractivity contribution in [2.45, 2.75) is 31.5 Å². The summed E-state index contributed by atoms with van der Waals surface area (Å²) in [4.78, 5) is 43.9. The number of carbonyl (C=O) groups is 3. The predicted molar refractivity (Wildman–Crippen MR) is 124 cm³/mol. The second-order valence-corrected chi connectivity index (χ2v) is 8.32. The van der Waals surface area contributed by atoms with Crippen LogP contribution in [0, 0.1) is 11.3 Å². The highest BCUT2D eigenvalue weighted by atomic mass is 16.5. The van der Waals surface area contributed by atoms with Gasteiger partial charge in [-0.05, 0) is 48.4 Å². The summed E-state index contributed by atoms with van der Waals surface area (Å²) in [7, 11) is 0. The number of esters is 1. The number of ether oxygens (including phenoxy) is 1. The minimum atomic E-state index is -1.62. The number of benzene rings is 3. The van der Waals surface area contributed by atoms with Gasteiger partial charge >= 0.3 is 5.97 Å². The third kappa shape index (κ3) is 3.41. The molecule has 0 aliphatic carbocycles. The third-order valence-corrected chi connectivity index (χ3v) is 6.31. The molecule has 3 aromatic carbocycles. The number of carbonyl (C=O) groups excluding carboxylic acids is 3. The monoisotopic (exact) mass is 451 g/mol. The summed E-state index contributed by atoms with van der Waals surface area (Å²) in [6, 6.07) is 24.4. The van der Waals surface area contributed by atoms with E-state index in [1.54, 1.807) is 36.4 Å². The van der Waals surface area contributed by atoms with Gasteiger partial charge in [0.25, 0.3) is 5.91 Å². The fourth-order valence-corrected chi connectivity index (χ4v) is 4.73. The van der Waals surface area contributed by atoms with Crippen molar-refractivity contribution in [3.63, 3.8) is 0 Å². The lowest BCUT2D eigenvalue weighted by atomic mass is 9.87. The predicted octanol–water partition coefficient (Wildman–Crippen LogP) is 4.03. The first-order valence-electron chi connectivity index (χ1n) is 11.0. The molecule has 2 aliphatic heterocycles. The molecule has 1 fully saturated rings. The second kappa shape index (κ2) is 8.49. The van der Waals surface area contributed by atoms with Crippen molar-refractivity contribution in [1.29, 1.82) is 5.26 Å². The number of para-hydroxylation sites is 1. The van der Waals surface area contributed by atoms with Gasteiger partial charge in [-0.25, -0.2) is 4.79 Å². The number of nitriles is 1. The maximum absolute atomic E-state index is 13.9. The summed E-state index contributed by atoms with van der Waals surface area (Å²) >= 11 is 0. The first-order valence-corrected chi connectivity index (χ1v) is 11.0. The Labute approximate surface area is 196 Å². The zero-order valence-corrected chi connectivity index (χ0v) is 18.3. The third-order valence-electron chi connectivity index (χ3n) is 6.31. The molecule has 1 saturated heterocycles. The van der Waals surface area contributed by atoms with E-state index in [-0.39, 0.29) is 37.0 Å². The molecular formula is C27H21N3O4. The Hall–Kier alpha value is -4.44. The molecule has 0 spiro atoms. The van der Waals surface area contributed by atoms with Gasteiger partial charge in [0.2, 0.25) is 11.6 Å². The van der Waals surface area contributed by atoms with Crippen LogP contribution in [-0.2, 0) is 16.1 Å². The molecule has 34 heavy (non-hydrogen) atoms. The van der Waals surface area contributed by atoms with Gasteiger partial charge in [0.15, 0.2) is 0 Å². The van der Waals surface area contributed by atoms with E-state index in [2.05, 4.69) is 0 Å². The molecule has 2 aliphatic rings. The average molecular weight is 451 g/mol. The van der Waals surface area contributed by atoms with Crippen LogP contribution in [0.3, 0.4) is 0 Å². The second-order valence-electron chi connectivity index (χ2n) is 8.32. The summed E-state index contributed by atoms with van der Waals surface area (Å²) in [6.45, 7) is 0.139. The molecule has 0 N–H and O–H groups in total. The summed E-state index contributed by atoms with van der Waals surface area (Å²) in [5, 5.41) is 9.05. The number of fused-ring (bicyclic) bond motifs is 3. The Kier molecular flexibility index (Phi) is 5.34. The molecule has 0 radical (unpaired) electrons. The summed E-state index contributed by atoms with van der Waals surface area (Å²) in [5.74, 6) is -1.03. The van der Waals surface area contributed by atoms with Gasteiger partial charge < -0.3 is 9.64 Å². The van der Waals surface area contributed by atoms with Gasteiger partial charge in [-0.1, -0.05) is 42.5 Å². The molecule has 7 nitrogen and oxygen atoms in total. The molecule has 2 heterocycles. The largest absolute Gasteiger partial charge is 0.423 e. The van der Waals surface area contributed by atoms with E-state index in [0.717, 1.165) is 5.56 Å². The van der Waals surface area contributed by atoms with Crippen LogP contribution in [0.1, 0.15) is 40.7 Å². The zero-order chi connectivity index (χ0) is 23.7. The quantitative estimate of drug-likeness (QED) is 0.441. The van der Waals surface area contributed by atoms with Gasteiger partial charge in [-0.2, -0.15) is 5.26 Å². The Morgan fingerprint density at radius 1 is 0.971 bits per heavy atom. The summed E-state index contributed by atoms with van der Waals surface area (Å²) in [5.41, 5.74) is 0.428. The minimum absolute atomic E-state index is 0.139. The van der Waals surface area contributed by atoms with Crippen molar-refractivity contribution in [2.24, 2.45) is 0 Å². The van der Waals surface area contributed by atoms with E-state index >= 15 is 0 Å². The van der Waals surface area contributed by atoms with Crippen molar-refractivity contribution in [2.75, 3.05) is 4.90 Å². The van der Waals surface area contributed by atoms with Gasteiger partial charge in [0, 0.05) is 19.4 Å². The normalized spacial score (nSPS) is 19.1. The molecule has 0 unspecified atom stereocenters. The van der Waals surface area contributed by atoms with Crippen molar-refractivity contribution < 1.29 is 19.1 Å². The van der Waals surface area contributed by atoms with E-state index < -0.39 is 11.6 Å². The SMILES string of the molecule is N#Cc1ccc(OC(=O)[C@]23CCCC(=O)N2c2ccccc2C(=O)N3Cc2ccccc2)cc1. The van der Waals surface area contributed by atoms with E-state index in [9.17, 15) is 14.4 Å². The molecule has 0 saturated carbocycles. The van der Waals surface area contributed by atoms with Crippen molar-refractivity contribution in [1.82, 2.24) is 4.90 Å². The van der Waals surface area contributed by atoms with Crippen LogP contribution in [0.2, 0.25) is 0 Å². The van der Waals surface area contributed by atoms with E-state index in [0.29, 0.717) is 23.2 Å². The van der Waals surface area contributed by atoms with Crippen LogP contribution in [0.25, 0.3) is 0 Å². The first kappa shape index (κ1) is 21.4. The lowest BCUT2D eigenvalue weighted by molar-refractivity contribution is -0.152. The number of anilines is 1. The van der Waals surface area contributed by atoms with Crippen LogP contribution < -0.4 is 9.64 Å². The number of nitrogens with zero attached hydrogens (tertiary/aromatic N) is 3. The molecule has 7 heteroatoms. The number of piperidine rings is 1. The number of rotatable bonds is 4. The van der Waals surface area contributed by atoms with Gasteiger partial charge in [-0.3, -0.25) is 14.5 Å². The van der Waals surface area contributed by atoms with Gasteiger partial charge in [0.05, 0.1) is 22.9 Å². The zero-order valence-electron chi connectivity index (χ0n) is 18.3. The lowest BCUT2D eigenvalue weighted by Crippen LogP contribution is -2.73. The van der Waals surface area contributed by atoms with Crippen LogP contribution in [-0.4, -0.2) is 28.3 Å². The molecule has 3 aromatic rings. The Morgan fingerprint density at radius 3 is 2.41 bits per heavy atom. The van der Waals surface area contributed by atoms with Crippen LogP contribution in [0.5, 0.6) is 5.75 Å². The fourth-order valence-electron chi connectivity index (χ4n) is 4.73. The average Bonchev–Trinajstić information content (AvgIpc) is 2.87. The van der Waals surface area contributed by atoms with E-state index in [1.807, 2.05) is 36.4 Å². The van der Waals surface area contributed by atoms with E-state index in [1.165, 1.54) is 21.9 Å².